The average Bonchev–Trinajstić information content (AvgIpc) is 2.83. The minimum absolute atomic E-state index is 0.313. The highest BCUT2D eigenvalue weighted by Gasteiger charge is 2.32. The summed E-state index contributed by atoms with van der Waals surface area (Å²) < 4.78 is 16.4. The summed E-state index contributed by atoms with van der Waals surface area (Å²) in [5.41, 5.74) is 3.19. The van der Waals surface area contributed by atoms with Crippen LogP contribution in [0.2, 0.25) is 0 Å². The molecule has 2 aromatic rings. The van der Waals surface area contributed by atoms with Gasteiger partial charge in [0.25, 0.3) is 0 Å². The van der Waals surface area contributed by atoms with Crippen LogP contribution in [0.1, 0.15) is 68.9 Å². The Kier molecular flexibility index (Phi) is 12.0. The fraction of sp³-hybridized carbons (Fsp3) is 0.538. The molecule has 1 unspecified atom stereocenters. The van der Waals surface area contributed by atoms with Gasteiger partial charge in [-0.1, -0.05) is 62.1 Å². The molecular weight excluding hydrogens is 517 g/mol. The van der Waals surface area contributed by atoms with Gasteiger partial charge in [-0.15, -0.1) is 11.8 Å². The zero-order chi connectivity index (χ0) is 23.4. The number of hydrogen-bond donors (Lipinski definition) is 2. The fourth-order valence-corrected chi connectivity index (χ4v) is 6.83. The van der Waals surface area contributed by atoms with E-state index in [0.717, 1.165) is 29.7 Å². The summed E-state index contributed by atoms with van der Waals surface area (Å²) in [6.07, 6.45) is 11.4. The quantitative estimate of drug-likeness (QED) is 0.144. The molecule has 2 N–H and O–H groups in total. The fourth-order valence-electron chi connectivity index (χ4n) is 4.81. The number of rotatable bonds is 14. The molecule has 1 saturated carbocycles. The van der Waals surface area contributed by atoms with Gasteiger partial charge >= 0.3 is 8.25 Å². The van der Waals surface area contributed by atoms with E-state index in [4.69, 9.17) is 9.42 Å². The maximum absolute atomic E-state index is 10.5. The SMILES string of the molecule is O=[PH](O)OCCCNCc1ccc(SCCCCC2(c3ccccc3)CCCCC2)c(Br)c1. The highest BCUT2D eigenvalue weighted by Crippen LogP contribution is 2.43. The molecule has 1 fully saturated rings. The summed E-state index contributed by atoms with van der Waals surface area (Å²) in [5.74, 6) is 1.15. The zero-order valence-corrected chi connectivity index (χ0v) is 22.8. The minimum atomic E-state index is -2.80. The van der Waals surface area contributed by atoms with Crippen LogP contribution in [0.15, 0.2) is 57.9 Å². The molecule has 1 aliphatic rings. The average molecular weight is 555 g/mol. The van der Waals surface area contributed by atoms with Gasteiger partial charge < -0.3 is 14.7 Å². The monoisotopic (exact) mass is 553 g/mol. The Labute approximate surface area is 212 Å². The lowest BCUT2D eigenvalue weighted by molar-refractivity contribution is 0.268. The Morgan fingerprint density at radius 2 is 1.85 bits per heavy atom. The Balaban J connectivity index is 1.38. The van der Waals surface area contributed by atoms with E-state index in [1.807, 2.05) is 11.8 Å². The second-order valence-electron chi connectivity index (χ2n) is 8.92. The van der Waals surface area contributed by atoms with Crippen molar-refractivity contribution in [3.8, 4) is 0 Å². The number of benzene rings is 2. The summed E-state index contributed by atoms with van der Waals surface area (Å²) in [5, 5.41) is 3.35. The van der Waals surface area contributed by atoms with Crippen LogP contribution < -0.4 is 5.32 Å². The van der Waals surface area contributed by atoms with Gasteiger partial charge in [-0.25, -0.2) is 0 Å². The van der Waals surface area contributed by atoms with Gasteiger partial charge in [0.15, 0.2) is 0 Å². The van der Waals surface area contributed by atoms with E-state index >= 15 is 0 Å². The van der Waals surface area contributed by atoms with Gasteiger partial charge in [0.05, 0.1) is 6.61 Å². The molecule has 0 aromatic heterocycles. The number of halogens is 1. The number of unbranched alkanes of at least 4 members (excludes halogenated alkanes) is 1. The van der Waals surface area contributed by atoms with E-state index in [1.54, 1.807) is 5.56 Å². The molecule has 0 spiro atoms. The molecule has 0 radical (unpaired) electrons. The van der Waals surface area contributed by atoms with Crippen molar-refractivity contribution in [2.24, 2.45) is 0 Å². The van der Waals surface area contributed by atoms with Crippen LogP contribution >= 0.6 is 35.9 Å². The van der Waals surface area contributed by atoms with Crippen molar-refractivity contribution in [3.05, 3.63) is 64.1 Å². The maximum atomic E-state index is 10.5. The largest absolute Gasteiger partial charge is 0.326 e. The topological polar surface area (TPSA) is 58.6 Å². The van der Waals surface area contributed by atoms with E-state index in [9.17, 15) is 4.57 Å². The van der Waals surface area contributed by atoms with Gasteiger partial charge in [-0.3, -0.25) is 4.57 Å². The van der Waals surface area contributed by atoms with Crippen LogP contribution in [0.4, 0.5) is 0 Å². The van der Waals surface area contributed by atoms with E-state index in [2.05, 4.69) is 69.8 Å². The highest BCUT2D eigenvalue weighted by molar-refractivity contribution is 9.10. The molecule has 1 aliphatic carbocycles. The first-order chi connectivity index (χ1) is 16.1. The smallest absolute Gasteiger partial charge is 0.316 e. The summed E-state index contributed by atoms with van der Waals surface area (Å²) >= 11 is 5.68. The number of nitrogens with one attached hydrogen (secondary N) is 1. The molecule has 1 atom stereocenters. The third kappa shape index (κ3) is 9.16. The first-order valence-corrected chi connectivity index (χ1v) is 15.2. The van der Waals surface area contributed by atoms with Gasteiger partial charge in [-0.05, 0) is 89.0 Å². The van der Waals surface area contributed by atoms with Crippen molar-refractivity contribution in [2.75, 3.05) is 18.9 Å². The van der Waals surface area contributed by atoms with Crippen LogP contribution in [-0.2, 0) is 21.0 Å². The minimum Gasteiger partial charge on any atom is -0.326 e. The predicted octanol–water partition coefficient (Wildman–Crippen LogP) is 7.49. The second-order valence-corrected chi connectivity index (χ2v) is 11.7. The Morgan fingerprint density at radius 1 is 1.06 bits per heavy atom. The Bertz CT molecular complexity index is 862. The lowest BCUT2D eigenvalue weighted by Crippen LogP contribution is -2.29. The highest BCUT2D eigenvalue weighted by atomic mass is 79.9. The molecule has 0 bridgehead atoms. The normalized spacial score (nSPS) is 16.5. The van der Waals surface area contributed by atoms with Gasteiger partial charge in [-0.2, -0.15) is 0 Å². The van der Waals surface area contributed by atoms with E-state index < -0.39 is 8.25 Å². The molecule has 2 aromatic carbocycles. The molecule has 182 valence electrons. The first-order valence-electron chi connectivity index (χ1n) is 12.1. The van der Waals surface area contributed by atoms with Crippen molar-refractivity contribution in [3.63, 3.8) is 0 Å². The molecule has 0 heterocycles. The van der Waals surface area contributed by atoms with Gasteiger partial charge in [0, 0.05) is 15.9 Å². The third-order valence-corrected chi connectivity index (χ3v) is 9.08. The van der Waals surface area contributed by atoms with Gasteiger partial charge in [0.2, 0.25) is 0 Å². The summed E-state index contributed by atoms with van der Waals surface area (Å²) in [7, 11) is -2.80. The molecule has 0 saturated heterocycles. The van der Waals surface area contributed by atoms with E-state index in [0.29, 0.717) is 12.0 Å². The lowest BCUT2D eigenvalue weighted by atomic mass is 9.67. The lowest BCUT2D eigenvalue weighted by Gasteiger charge is -2.38. The van der Waals surface area contributed by atoms with Crippen LogP contribution in [0, 0.1) is 0 Å². The van der Waals surface area contributed by atoms with Crippen molar-refractivity contribution in [1.82, 2.24) is 5.32 Å². The van der Waals surface area contributed by atoms with Crippen molar-refractivity contribution >= 4 is 35.9 Å². The van der Waals surface area contributed by atoms with Crippen LogP contribution in [0.3, 0.4) is 0 Å². The molecule has 4 nitrogen and oxygen atoms in total. The zero-order valence-electron chi connectivity index (χ0n) is 19.4. The number of hydrogen-bond acceptors (Lipinski definition) is 4. The summed E-state index contributed by atoms with van der Waals surface area (Å²) in [4.78, 5) is 9.95. The van der Waals surface area contributed by atoms with Crippen LogP contribution in [-0.4, -0.2) is 23.8 Å². The summed E-state index contributed by atoms with van der Waals surface area (Å²) in [6.45, 7) is 1.85. The third-order valence-electron chi connectivity index (χ3n) is 6.55. The summed E-state index contributed by atoms with van der Waals surface area (Å²) in [6, 6.07) is 17.8. The number of thioether (sulfide) groups is 1. The van der Waals surface area contributed by atoms with E-state index in [1.165, 1.54) is 61.8 Å². The standard InChI is InChI=1S/C26H37BrNO3PS/c27-24-20-22(21-28-17-9-18-31-32(29)30)12-13-25(24)33-19-8-7-16-26(14-5-2-6-15-26)23-10-3-1-4-11-23/h1,3-4,10-13,20,28,32H,2,5-9,14-19,21H2,(H,29,30). The van der Waals surface area contributed by atoms with Gasteiger partial charge in [0.1, 0.15) is 0 Å². The molecular formula is C26H37BrNO3PS. The Hall–Kier alpha value is -0.620. The molecule has 33 heavy (non-hydrogen) atoms. The first kappa shape index (κ1) is 27.0. The maximum Gasteiger partial charge on any atom is 0.316 e. The Morgan fingerprint density at radius 3 is 2.58 bits per heavy atom. The van der Waals surface area contributed by atoms with Crippen molar-refractivity contribution in [2.45, 2.75) is 74.6 Å². The van der Waals surface area contributed by atoms with Crippen LogP contribution in [0.5, 0.6) is 0 Å². The second kappa shape index (κ2) is 14.7. The molecule has 0 aliphatic heterocycles. The molecule has 0 amide bonds. The van der Waals surface area contributed by atoms with E-state index in [-0.39, 0.29) is 0 Å². The van der Waals surface area contributed by atoms with Crippen molar-refractivity contribution in [1.29, 1.82) is 0 Å². The van der Waals surface area contributed by atoms with Crippen LogP contribution in [0.25, 0.3) is 0 Å². The van der Waals surface area contributed by atoms with Crippen molar-refractivity contribution < 1.29 is 14.0 Å². The molecule has 3 rings (SSSR count). The predicted molar refractivity (Wildman–Crippen MR) is 143 cm³/mol. The molecule has 7 heteroatoms.